The van der Waals surface area contributed by atoms with E-state index in [1.54, 1.807) is 42.5 Å². The fraction of sp³-hybridized carbons (Fsp3) is 0.278. The summed E-state index contributed by atoms with van der Waals surface area (Å²) in [6, 6.07) is 11.7. The second-order valence-electron chi connectivity index (χ2n) is 5.75. The summed E-state index contributed by atoms with van der Waals surface area (Å²) >= 11 is 6.03. The van der Waals surface area contributed by atoms with Crippen molar-refractivity contribution < 1.29 is 9.59 Å². The highest BCUT2D eigenvalue weighted by Gasteiger charge is 2.13. The zero-order valence-corrected chi connectivity index (χ0v) is 15.0. The minimum atomic E-state index is -0.421. The third kappa shape index (κ3) is 5.85. The van der Waals surface area contributed by atoms with Gasteiger partial charge in [0.1, 0.15) is 11.4 Å². The van der Waals surface area contributed by atoms with E-state index in [0.29, 0.717) is 17.3 Å². The number of hydrogen-bond acceptors (Lipinski definition) is 4. The molecule has 2 N–H and O–H groups in total. The molecular formula is C18H21ClN4O2. The number of nitrogens with one attached hydrogen (secondary N) is 2. The first-order chi connectivity index (χ1) is 12.0. The summed E-state index contributed by atoms with van der Waals surface area (Å²) in [5, 5.41) is 5.92. The van der Waals surface area contributed by atoms with Crippen LogP contribution in [0.25, 0.3) is 0 Å². The van der Waals surface area contributed by atoms with Gasteiger partial charge in [-0.2, -0.15) is 0 Å². The van der Waals surface area contributed by atoms with Crippen molar-refractivity contribution in [1.82, 2.24) is 15.2 Å². The molecule has 0 aliphatic heterocycles. The van der Waals surface area contributed by atoms with E-state index in [2.05, 4.69) is 15.6 Å². The van der Waals surface area contributed by atoms with Gasteiger partial charge in [-0.15, -0.1) is 0 Å². The monoisotopic (exact) mass is 360 g/mol. The topological polar surface area (TPSA) is 74.3 Å². The zero-order valence-electron chi connectivity index (χ0n) is 14.3. The lowest BCUT2D eigenvalue weighted by Crippen LogP contribution is -2.28. The maximum atomic E-state index is 12.3. The zero-order chi connectivity index (χ0) is 18.2. The number of anilines is 1. The van der Waals surface area contributed by atoms with Gasteiger partial charge < -0.3 is 15.5 Å². The highest BCUT2D eigenvalue weighted by molar-refractivity contribution is 6.33. The van der Waals surface area contributed by atoms with Crippen LogP contribution in [0.5, 0.6) is 0 Å². The molecule has 7 heteroatoms. The number of aromatic nitrogens is 1. The summed E-state index contributed by atoms with van der Waals surface area (Å²) in [5.74, 6) is -0.721. The Labute approximate surface area is 152 Å². The second kappa shape index (κ2) is 9.15. The minimum absolute atomic E-state index is 0.154. The Morgan fingerprint density at radius 1 is 1.04 bits per heavy atom. The van der Waals surface area contributed by atoms with Crippen molar-refractivity contribution in [3.05, 3.63) is 58.9 Å². The van der Waals surface area contributed by atoms with Gasteiger partial charge in [0.05, 0.1) is 10.7 Å². The molecule has 1 aromatic heterocycles. The SMILES string of the molecule is CN(C)CCCNC(=O)c1cccc(C(=O)Nc2ccccc2Cl)n1. The van der Waals surface area contributed by atoms with Gasteiger partial charge in [0.2, 0.25) is 0 Å². The van der Waals surface area contributed by atoms with E-state index in [4.69, 9.17) is 11.6 Å². The molecule has 1 aromatic carbocycles. The van der Waals surface area contributed by atoms with E-state index in [0.717, 1.165) is 13.0 Å². The number of carbonyl (C=O) groups excluding carboxylic acids is 2. The number of rotatable bonds is 7. The standard InChI is InChI=1S/C18H21ClN4O2/c1-23(2)12-6-11-20-17(24)15-9-5-10-16(21-15)18(25)22-14-8-4-3-7-13(14)19/h3-5,7-10H,6,11-12H2,1-2H3,(H,20,24)(H,22,25). The Hall–Kier alpha value is -2.44. The normalized spacial score (nSPS) is 10.6. The number of hydrogen-bond donors (Lipinski definition) is 2. The number of carbonyl (C=O) groups is 2. The molecule has 0 aliphatic carbocycles. The van der Waals surface area contributed by atoms with Gasteiger partial charge in [-0.3, -0.25) is 9.59 Å². The Kier molecular flexibility index (Phi) is 6.91. The van der Waals surface area contributed by atoms with Gasteiger partial charge in [0.15, 0.2) is 0 Å². The third-order valence-corrected chi connectivity index (χ3v) is 3.73. The number of nitrogens with zero attached hydrogens (tertiary/aromatic N) is 2. The average molecular weight is 361 g/mol. The van der Waals surface area contributed by atoms with Crippen molar-refractivity contribution in [2.45, 2.75) is 6.42 Å². The van der Waals surface area contributed by atoms with Crippen LogP contribution in [-0.4, -0.2) is 48.9 Å². The van der Waals surface area contributed by atoms with Crippen molar-refractivity contribution in [3.8, 4) is 0 Å². The van der Waals surface area contributed by atoms with E-state index >= 15 is 0 Å². The van der Waals surface area contributed by atoms with Crippen molar-refractivity contribution in [2.24, 2.45) is 0 Å². The van der Waals surface area contributed by atoms with Gasteiger partial charge in [-0.05, 0) is 51.3 Å². The molecule has 25 heavy (non-hydrogen) atoms. The summed E-state index contributed by atoms with van der Waals surface area (Å²) < 4.78 is 0. The fourth-order valence-electron chi connectivity index (χ4n) is 2.12. The molecule has 1 heterocycles. The highest BCUT2D eigenvalue weighted by Crippen LogP contribution is 2.20. The largest absolute Gasteiger partial charge is 0.351 e. The lowest BCUT2D eigenvalue weighted by atomic mass is 10.2. The molecule has 0 spiro atoms. The predicted molar refractivity (Wildman–Crippen MR) is 99.1 cm³/mol. The fourth-order valence-corrected chi connectivity index (χ4v) is 2.31. The van der Waals surface area contributed by atoms with Crippen LogP contribution in [0.1, 0.15) is 27.4 Å². The van der Waals surface area contributed by atoms with Crippen LogP contribution >= 0.6 is 11.6 Å². The van der Waals surface area contributed by atoms with Gasteiger partial charge in [0, 0.05) is 6.54 Å². The van der Waals surface area contributed by atoms with Crippen molar-refractivity contribution >= 4 is 29.1 Å². The Bertz CT molecular complexity index is 749. The van der Waals surface area contributed by atoms with Crippen LogP contribution in [-0.2, 0) is 0 Å². The number of para-hydroxylation sites is 1. The molecule has 132 valence electrons. The maximum absolute atomic E-state index is 12.3. The summed E-state index contributed by atoms with van der Waals surface area (Å²) in [7, 11) is 3.95. The van der Waals surface area contributed by atoms with Crippen molar-refractivity contribution in [2.75, 3.05) is 32.5 Å². The molecule has 0 aliphatic rings. The smallest absolute Gasteiger partial charge is 0.274 e. The van der Waals surface area contributed by atoms with Crippen LogP contribution in [0.15, 0.2) is 42.5 Å². The summed E-state index contributed by atoms with van der Waals surface area (Å²) in [6.07, 6.45) is 0.839. The molecule has 6 nitrogen and oxygen atoms in total. The van der Waals surface area contributed by atoms with E-state index in [1.807, 2.05) is 19.0 Å². The molecule has 0 saturated carbocycles. The number of halogens is 1. The van der Waals surface area contributed by atoms with Crippen LogP contribution in [0.4, 0.5) is 5.69 Å². The van der Waals surface area contributed by atoms with Crippen LogP contribution < -0.4 is 10.6 Å². The second-order valence-corrected chi connectivity index (χ2v) is 6.16. The van der Waals surface area contributed by atoms with E-state index in [1.165, 1.54) is 0 Å². The van der Waals surface area contributed by atoms with Crippen molar-refractivity contribution in [1.29, 1.82) is 0 Å². The van der Waals surface area contributed by atoms with E-state index in [9.17, 15) is 9.59 Å². The molecule has 0 unspecified atom stereocenters. The molecule has 0 radical (unpaired) electrons. The first-order valence-electron chi connectivity index (χ1n) is 7.93. The molecule has 0 fully saturated rings. The Balaban J connectivity index is 1.99. The van der Waals surface area contributed by atoms with Crippen LogP contribution in [0.3, 0.4) is 0 Å². The summed E-state index contributed by atoms with van der Waals surface area (Å²) in [4.78, 5) is 30.6. The number of benzene rings is 1. The van der Waals surface area contributed by atoms with Crippen molar-refractivity contribution in [3.63, 3.8) is 0 Å². The highest BCUT2D eigenvalue weighted by atomic mass is 35.5. The number of pyridine rings is 1. The quantitative estimate of drug-likeness (QED) is 0.744. The third-order valence-electron chi connectivity index (χ3n) is 3.40. The van der Waals surface area contributed by atoms with Gasteiger partial charge in [0.25, 0.3) is 11.8 Å². The summed E-state index contributed by atoms with van der Waals surface area (Å²) in [6.45, 7) is 1.43. The summed E-state index contributed by atoms with van der Waals surface area (Å²) in [5.41, 5.74) is 0.854. The average Bonchev–Trinajstić information content (AvgIpc) is 2.60. The van der Waals surface area contributed by atoms with E-state index < -0.39 is 5.91 Å². The minimum Gasteiger partial charge on any atom is -0.351 e. The number of amides is 2. The molecule has 0 saturated heterocycles. The molecular weight excluding hydrogens is 340 g/mol. The van der Waals surface area contributed by atoms with E-state index in [-0.39, 0.29) is 17.3 Å². The van der Waals surface area contributed by atoms with Crippen LogP contribution in [0, 0.1) is 0 Å². The lowest BCUT2D eigenvalue weighted by molar-refractivity contribution is 0.0947. The van der Waals surface area contributed by atoms with Gasteiger partial charge in [-0.1, -0.05) is 29.8 Å². The van der Waals surface area contributed by atoms with Crippen LogP contribution in [0.2, 0.25) is 5.02 Å². The molecule has 0 atom stereocenters. The first kappa shape index (κ1) is 18.9. The van der Waals surface area contributed by atoms with Gasteiger partial charge in [-0.25, -0.2) is 4.98 Å². The maximum Gasteiger partial charge on any atom is 0.274 e. The Morgan fingerprint density at radius 3 is 2.40 bits per heavy atom. The predicted octanol–water partition coefficient (Wildman–Crippen LogP) is 2.67. The molecule has 2 rings (SSSR count). The molecule has 0 bridgehead atoms. The first-order valence-corrected chi connectivity index (χ1v) is 8.31. The lowest BCUT2D eigenvalue weighted by Gasteiger charge is -2.10. The Morgan fingerprint density at radius 2 is 1.72 bits per heavy atom. The molecule has 2 aromatic rings. The molecule has 2 amide bonds. The van der Waals surface area contributed by atoms with Gasteiger partial charge >= 0.3 is 0 Å².